The summed E-state index contributed by atoms with van der Waals surface area (Å²) in [5.41, 5.74) is 1.09. The molecule has 0 spiro atoms. The standard InChI is InChI=1S/C14H17N3O4/c1-8-10(13(19)20)3-2-4-11(8)17-14(21)15-7-9-5-6-12(18)16-9/h2-4,9H,5-7H2,1H3,(H,16,18)(H,19,20)(H2,15,17,21). The maximum Gasteiger partial charge on any atom is 0.336 e. The topological polar surface area (TPSA) is 108 Å². The summed E-state index contributed by atoms with van der Waals surface area (Å²) in [7, 11) is 0. The van der Waals surface area contributed by atoms with Crippen LogP contribution in [0.4, 0.5) is 10.5 Å². The van der Waals surface area contributed by atoms with Crippen molar-refractivity contribution in [2.24, 2.45) is 0 Å². The number of hydrogen-bond donors (Lipinski definition) is 4. The molecular formula is C14H17N3O4. The van der Waals surface area contributed by atoms with Crippen LogP contribution in [0.1, 0.15) is 28.8 Å². The average Bonchev–Trinajstić information content (AvgIpc) is 2.84. The number of amides is 3. The van der Waals surface area contributed by atoms with Gasteiger partial charge in [-0.2, -0.15) is 0 Å². The van der Waals surface area contributed by atoms with Crippen molar-refractivity contribution in [3.63, 3.8) is 0 Å². The van der Waals surface area contributed by atoms with Crippen LogP contribution in [-0.4, -0.2) is 35.6 Å². The molecule has 3 amide bonds. The molecule has 0 aliphatic carbocycles. The molecule has 7 nitrogen and oxygen atoms in total. The monoisotopic (exact) mass is 291 g/mol. The van der Waals surface area contributed by atoms with E-state index in [9.17, 15) is 14.4 Å². The quantitative estimate of drug-likeness (QED) is 0.666. The van der Waals surface area contributed by atoms with Crippen molar-refractivity contribution >= 4 is 23.6 Å². The minimum atomic E-state index is -1.04. The van der Waals surface area contributed by atoms with Crippen LogP contribution in [0.15, 0.2) is 18.2 Å². The summed E-state index contributed by atoms with van der Waals surface area (Å²) in [6, 6.07) is 4.22. The lowest BCUT2D eigenvalue weighted by atomic mass is 10.1. The van der Waals surface area contributed by atoms with Crippen molar-refractivity contribution in [3.05, 3.63) is 29.3 Å². The van der Waals surface area contributed by atoms with Gasteiger partial charge in [-0.1, -0.05) is 6.07 Å². The fourth-order valence-corrected chi connectivity index (χ4v) is 2.22. The van der Waals surface area contributed by atoms with Crippen LogP contribution in [0.25, 0.3) is 0 Å². The molecule has 7 heteroatoms. The maximum absolute atomic E-state index is 11.8. The van der Waals surface area contributed by atoms with Gasteiger partial charge in [-0.15, -0.1) is 0 Å². The minimum absolute atomic E-state index is 0.00721. The number of aromatic carboxylic acids is 1. The summed E-state index contributed by atoms with van der Waals surface area (Å²) in [6.45, 7) is 1.98. The number of anilines is 1. The van der Waals surface area contributed by atoms with Crippen LogP contribution >= 0.6 is 0 Å². The van der Waals surface area contributed by atoms with E-state index in [0.29, 0.717) is 30.6 Å². The highest BCUT2D eigenvalue weighted by Gasteiger charge is 2.21. The van der Waals surface area contributed by atoms with Crippen LogP contribution in [0.5, 0.6) is 0 Å². The second-order valence-electron chi connectivity index (χ2n) is 4.92. The number of carboxylic acid groups (broad SMARTS) is 1. The number of carbonyl (C=O) groups excluding carboxylic acids is 2. The molecule has 4 N–H and O–H groups in total. The summed E-state index contributed by atoms with van der Waals surface area (Å²) >= 11 is 0. The first-order valence-corrected chi connectivity index (χ1v) is 6.64. The summed E-state index contributed by atoms with van der Waals surface area (Å²) in [6.07, 6.45) is 1.18. The van der Waals surface area contributed by atoms with Gasteiger partial charge in [0, 0.05) is 24.7 Å². The Morgan fingerprint density at radius 2 is 2.19 bits per heavy atom. The molecule has 1 heterocycles. The Balaban J connectivity index is 1.92. The lowest BCUT2D eigenvalue weighted by Crippen LogP contribution is -2.40. The van der Waals surface area contributed by atoms with Crippen molar-refractivity contribution in [2.45, 2.75) is 25.8 Å². The van der Waals surface area contributed by atoms with Crippen LogP contribution in [-0.2, 0) is 4.79 Å². The van der Waals surface area contributed by atoms with E-state index < -0.39 is 12.0 Å². The highest BCUT2D eigenvalue weighted by Crippen LogP contribution is 2.18. The van der Waals surface area contributed by atoms with E-state index in [4.69, 9.17) is 5.11 Å². The van der Waals surface area contributed by atoms with Crippen molar-refractivity contribution < 1.29 is 19.5 Å². The Labute approximate surface area is 121 Å². The van der Waals surface area contributed by atoms with Gasteiger partial charge in [-0.05, 0) is 31.0 Å². The van der Waals surface area contributed by atoms with Crippen LogP contribution in [0.2, 0.25) is 0 Å². The number of carbonyl (C=O) groups is 3. The van der Waals surface area contributed by atoms with Gasteiger partial charge >= 0.3 is 12.0 Å². The number of carboxylic acids is 1. The Bertz CT molecular complexity index is 586. The molecule has 0 aromatic heterocycles. The molecule has 1 atom stereocenters. The molecule has 2 rings (SSSR count). The van der Waals surface area contributed by atoms with Gasteiger partial charge in [0.05, 0.1) is 5.56 Å². The fraction of sp³-hybridized carbons (Fsp3) is 0.357. The SMILES string of the molecule is Cc1c(NC(=O)NCC2CCC(=O)N2)cccc1C(=O)O. The number of urea groups is 1. The van der Waals surface area contributed by atoms with E-state index in [1.54, 1.807) is 19.1 Å². The maximum atomic E-state index is 11.8. The predicted octanol–water partition coefficient (Wildman–Crippen LogP) is 1.09. The van der Waals surface area contributed by atoms with E-state index in [0.717, 1.165) is 0 Å². The second kappa shape index (κ2) is 6.25. The van der Waals surface area contributed by atoms with Crippen molar-refractivity contribution in [1.29, 1.82) is 0 Å². The lowest BCUT2D eigenvalue weighted by molar-refractivity contribution is -0.119. The summed E-state index contributed by atoms with van der Waals surface area (Å²) < 4.78 is 0. The minimum Gasteiger partial charge on any atom is -0.478 e. The van der Waals surface area contributed by atoms with Gasteiger partial charge in [-0.3, -0.25) is 4.79 Å². The number of benzene rings is 1. The molecule has 0 radical (unpaired) electrons. The zero-order valence-electron chi connectivity index (χ0n) is 11.6. The van der Waals surface area contributed by atoms with E-state index >= 15 is 0 Å². The number of hydrogen-bond acceptors (Lipinski definition) is 3. The van der Waals surface area contributed by atoms with Crippen LogP contribution in [0.3, 0.4) is 0 Å². The Morgan fingerprint density at radius 3 is 2.81 bits per heavy atom. The number of rotatable bonds is 4. The summed E-state index contributed by atoms with van der Waals surface area (Å²) in [5.74, 6) is -1.04. The van der Waals surface area contributed by atoms with Gasteiger partial charge in [0.25, 0.3) is 0 Å². The second-order valence-corrected chi connectivity index (χ2v) is 4.92. The van der Waals surface area contributed by atoms with E-state index in [1.165, 1.54) is 6.07 Å². The first kappa shape index (κ1) is 14.8. The van der Waals surface area contributed by atoms with Gasteiger partial charge in [0.2, 0.25) is 5.91 Å². The largest absolute Gasteiger partial charge is 0.478 e. The summed E-state index contributed by atoms with van der Waals surface area (Å²) in [5, 5.41) is 17.0. The molecule has 21 heavy (non-hydrogen) atoms. The average molecular weight is 291 g/mol. The molecule has 1 aromatic carbocycles. The molecule has 0 bridgehead atoms. The van der Waals surface area contributed by atoms with E-state index in [2.05, 4.69) is 16.0 Å². The zero-order chi connectivity index (χ0) is 15.4. The van der Waals surface area contributed by atoms with Crippen LogP contribution < -0.4 is 16.0 Å². The van der Waals surface area contributed by atoms with Gasteiger partial charge in [-0.25, -0.2) is 9.59 Å². The zero-order valence-corrected chi connectivity index (χ0v) is 11.6. The van der Waals surface area contributed by atoms with Gasteiger partial charge < -0.3 is 21.1 Å². The molecule has 1 fully saturated rings. The smallest absolute Gasteiger partial charge is 0.336 e. The van der Waals surface area contributed by atoms with Crippen molar-refractivity contribution in [1.82, 2.24) is 10.6 Å². The van der Waals surface area contributed by atoms with E-state index in [-0.39, 0.29) is 17.5 Å². The Morgan fingerprint density at radius 1 is 1.43 bits per heavy atom. The first-order chi connectivity index (χ1) is 9.97. The molecule has 0 saturated carbocycles. The summed E-state index contributed by atoms with van der Waals surface area (Å²) in [4.78, 5) is 33.9. The molecule has 1 aliphatic heterocycles. The van der Waals surface area contributed by atoms with Crippen LogP contribution in [0, 0.1) is 6.92 Å². The van der Waals surface area contributed by atoms with Crippen molar-refractivity contribution in [3.8, 4) is 0 Å². The first-order valence-electron chi connectivity index (χ1n) is 6.64. The third-order valence-corrected chi connectivity index (χ3v) is 3.41. The van der Waals surface area contributed by atoms with Gasteiger partial charge in [0.1, 0.15) is 0 Å². The third kappa shape index (κ3) is 3.71. The Kier molecular flexibility index (Phi) is 4.42. The molecule has 112 valence electrons. The molecular weight excluding hydrogens is 274 g/mol. The highest BCUT2D eigenvalue weighted by molar-refractivity contribution is 5.95. The third-order valence-electron chi connectivity index (χ3n) is 3.41. The molecule has 1 unspecified atom stereocenters. The normalized spacial score (nSPS) is 17.2. The number of nitrogens with one attached hydrogen (secondary N) is 3. The molecule has 1 saturated heterocycles. The molecule has 1 aromatic rings. The van der Waals surface area contributed by atoms with E-state index in [1.807, 2.05) is 0 Å². The highest BCUT2D eigenvalue weighted by atomic mass is 16.4. The molecule has 1 aliphatic rings. The predicted molar refractivity (Wildman–Crippen MR) is 76.3 cm³/mol. The van der Waals surface area contributed by atoms with Gasteiger partial charge in [0.15, 0.2) is 0 Å². The van der Waals surface area contributed by atoms with Crippen molar-refractivity contribution in [2.75, 3.05) is 11.9 Å². The fourth-order valence-electron chi connectivity index (χ4n) is 2.22. The Hall–Kier alpha value is -2.57. The lowest BCUT2D eigenvalue weighted by Gasteiger charge is -2.14.